The van der Waals surface area contributed by atoms with Gasteiger partial charge in [0.2, 0.25) is 0 Å². The zero-order valence-corrected chi connectivity index (χ0v) is 6.41. The Hall–Kier alpha value is -1.41. The molecule has 1 aromatic heterocycles. The molecule has 0 bridgehead atoms. The first-order valence-electron chi connectivity index (χ1n) is 2.69. The second-order valence-corrected chi connectivity index (χ2v) is 2.77. The minimum absolute atomic E-state index is 0.579. The van der Waals surface area contributed by atoms with E-state index in [1.165, 1.54) is 0 Å². The highest BCUT2D eigenvalue weighted by atomic mass is 32.3. The molecular formula is C4H4N2O5S. The van der Waals surface area contributed by atoms with Crippen LogP contribution in [-0.2, 0) is 10.4 Å². The second-order valence-electron chi connectivity index (χ2n) is 1.75. The van der Waals surface area contributed by atoms with Crippen LogP contribution in [-0.4, -0.2) is 22.9 Å². The van der Waals surface area contributed by atoms with Gasteiger partial charge in [0.1, 0.15) is 0 Å². The number of aromatic amines is 1. The van der Waals surface area contributed by atoms with Gasteiger partial charge in [0.15, 0.2) is 0 Å². The van der Waals surface area contributed by atoms with Gasteiger partial charge in [0.05, 0.1) is 0 Å². The van der Waals surface area contributed by atoms with Crippen LogP contribution in [0.3, 0.4) is 0 Å². The number of rotatable bonds is 2. The van der Waals surface area contributed by atoms with Crippen molar-refractivity contribution >= 4 is 10.4 Å². The van der Waals surface area contributed by atoms with E-state index in [9.17, 15) is 13.2 Å². The lowest BCUT2D eigenvalue weighted by Gasteiger charge is -1.96. The Bertz CT molecular complexity index is 421. The lowest BCUT2D eigenvalue weighted by atomic mass is 10.7. The van der Waals surface area contributed by atoms with Gasteiger partial charge < -0.3 is 4.18 Å². The Kier molecular flexibility index (Phi) is 2.11. The normalized spacial score (nSPS) is 11.1. The third-order valence-corrected chi connectivity index (χ3v) is 1.20. The molecule has 0 radical (unpaired) electrons. The molecule has 0 unspecified atom stereocenters. The van der Waals surface area contributed by atoms with Crippen LogP contribution in [0.15, 0.2) is 17.1 Å². The lowest BCUT2D eigenvalue weighted by Crippen LogP contribution is -2.13. The average molecular weight is 192 g/mol. The molecule has 7 nitrogen and oxygen atoms in total. The van der Waals surface area contributed by atoms with Crippen molar-refractivity contribution in [1.29, 1.82) is 0 Å². The van der Waals surface area contributed by atoms with Crippen LogP contribution >= 0.6 is 0 Å². The van der Waals surface area contributed by atoms with Crippen LogP contribution in [0.25, 0.3) is 0 Å². The van der Waals surface area contributed by atoms with Gasteiger partial charge >= 0.3 is 16.4 Å². The van der Waals surface area contributed by atoms with Gasteiger partial charge in [-0.15, -0.1) is 0 Å². The summed E-state index contributed by atoms with van der Waals surface area (Å²) >= 11 is 0. The molecule has 1 aromatic rings. The van der Waals surface area contributed by atoms with E-state index < -0.39 is 22.0 Å². The minimum atomic E-state index is -4.63. The summed E-state index contributed by atoms with van der Waals surface area (Å²) in [6.45, 7) is 0. The maximum Gasteiger partial charge on any atom is 0.449 e. The predicted molar refractivity (Wildman–Crippen MR) is 37.0 cm³/mol. The maximum atomic E-state index is 10.5. The molecule has 66 valence electrons. The largest absolute Gasteiger partial charge is 0.449 e. The number of nitrogens with one attached hydrogen (secondary N) is 1. The molecule has 1 heterocycles. The smallest absolute Gasteiger partial charge is 0.324 e. The van der Waals surface area contributed by atoms with Crippen LogP contribution < -0.4 is 9.74 Å². The van der Waals surface area contributed by atoms with E-state index in [1.54, 1.807) is 0 Å². The number of aromatic nitrogens is 2. The topological polar surface area (TPSA) is 109 Å². The molecule has 0 spiro atoms. The zero-order valence-electron chi connectivity index (χ0n) is 5.59. The van der Waals surface area contributed by atoms with Crippen LogP contribution in [0.2, 0.25) is 0 Å². The van der Waals surface area contributed by atoms with Crippen LogP contribution in [0, 0.1) is 0 Å². The predicted octanol–water partition coefficient (Wildman–Crippen LogP) is -1.05. The molecule has 0 aliphatic heterocycles. The monoisotopic (exact) mass is 192 g/mol. The summed E-state index contributed by atoms with van der Waals surface area (Å²) in [6, 6.07) is 0.488. The van der Waals surface area contributed by atoms with E-state index in [4.69, 9.17) is 4.55 Å². The van der Waals surface area contributed by atoms with E-state index >= 15 is 0 Å². The molecule has 0 saturated heterocycles. The first-order valence-corrected chi connectivity index (χ1v) is 4.06. The van der Waals surface area contributed by atoms with E-state index in [-0.39, 0.29) is 0 Å². The standard InChI is InChI=1S/C4H4N2O5S/c7-3-1-2-5-4(6-3)11-12(8,9)10/h1-2H,(H,5,6,7)(H,8,9,10). The number of hydrogen-bond acceptors (Lipinski definition) is 5. The molecule has 0 atom stereocenters. The molecule has 0 aliphatic carbocycles. The van der Waals surface area contributed by atoms with Gasteiger partial charge in [-0.1, -0.05) is 0 Å². The summed E-state index contributed by atoms with van der Waals surface area (Å²) < 4.78 is 32.2. The third-order valence-electron chi connectivity index (χ3n) is 0.832. The molecule has 2 N–H and O–H groups in total. The van der Waals surface area contributed by atoms with Crippen molar-refractivity contribution < 1.29 is 17.2 Å². The van der Waals surface area contributed by atoms with Crippen LogP contribution in [0.5, 0.6) is 6.01 Å². The van der Waals surface area contributed by atoms with Gasteiger partial charge in [-0.3, -0.25) is 14.3 Å². The molecule has 0 aliphatic rings. The molecule has 0 saturated carbocycles. The molecule has 0 amide bonds. The summed E-state index contributed by atoms with van der Waals surface area (Å²) in [7, 11) is -4.63. The molecule has 1 rings (SSSR count). The summed E-state index contributed by atoms with van der Waals surface area (Å²) in [5.41, 5.74) is -0.580. The molecule has 0 aromatic carbocycles. The molecule has 0 fully saturated rings. The Balaban J connectivity index is 2.99. The Morgan fingerprint density at radius 1 is 1.58 bits per heavy atom. The van der Waals surface area contributed by atoms with E-state index in [0.717, 1.165) is 12.3 Å². The summed E-state index contributed by atoms with van der Waals surface area (Å²) in [5.74, 6) is 0. The van der Waals surface area contributed by atoms with Crippen LogP contribution in [0.1, 0.15) is 0 Å². The molecule has 12 heavy (non-hydrogen) atoms. The van der Waals surface area contributed by atoms with Crippen molar-refractivity contribution in [3.8, 4) is 6.01 Å². The van der Waals surface area contributed by atoms with Crippen molar-refractivity contribution in [2.45, 2.75) is 0 Å². The van der Waals surface area contributed by atoms with Gasteiger partial charge in [-0.05, 0) is 0 Å². The number of nitrogens with zero attached hydrogens (tertiary/aromatic N) is 1. The van der Waals surface area contributed by atoms with Crippen LogP contribution in [0.4, 0.5) is 0 Å². The van der Waals surface area contributed by atoms with Crippen molar-refractivity contribution in [2.24, 2.45) is 0 Å². The fraction of sp³-hybridized carbons (Fsp3) is 0. The zero-order chi connectivity index (χ0) is 9.19. The van der Waals surface area contributed by atoms with E-state index in [2.05, 4.69) is 9.17 Å². The highest BCUT2D eigenvalue weighted by molar-refractivity contribution is 7.81. The van der Waals surface area contributed by atoms with Gasteiger partial charge in [0, 0.05) is 12.3 Å². The highest BCUT2D eigenvalue weighted by Crippen LogP contribution is 1.97. The maximum absolute atomic E-state index is 10.5. The van der Waals surface area contributed by atoms with Gasteiger partial charge in [-0.2, -0.15) is 8.42 Å². The van der Waals surface area contributed by atoms with Crippen molar-refractivity contribution in [1.82, 2.24) is 9.97 Å². The quantitative estimate of drug-likeness (QED) is 0.578. The highest BCUT2D eigenvalue weighted by Gasteiger charge is 2.07. The Morgan fingerprint density at radius 3 is 2.75 bits per heavy atom. The van der Waals surface area contributed by atoms with Gasteiger partial charge in [-0.25, -0.2) is 4.98 Å². The number of hydrogen-bond donors (Lipinski definition) is 2. The number of H-pyrrole nitrogens is 1. The Labute approximate surface area is 67.0 Å². The van der Waals surface area contributed by atoms with Crippen molar-refractivity contribution in [2.75, 3.05) is 0 Å². The summed E-state index contributed by atoms with van der Waals surface area (Å²) in [6.07, 6.45) is 1.04. The fourth-order valence-electron chi connectivity index (χ4n) is 0.494. The second kappa shape index (κ2) is 2.91. The third kappa shape index (κ3) is 2.68. The molecular weight excluding hydrogens is 188 g/mol. The lowest BCUT2D eigenvalue weighted by molar-refractivity contribution is 0.373. The van der Waals surface area contributed by atoms with Crippen molar-refractivity contribution in [3.63, 3.8) is 0 Å². The Morgan fingerprint density at radius 2 is 2.25 bits per heavy atom. The van der Waals surface area contributed by atoms with E-state index in [0.29, 0.717) is 0 Å². The summed E-state index contributed by atoms with van der Waals surface area (Å²) in [5, 5.41) is 0. The fourth-order valence-corrected chi connectivity index (χ4v) is 0.778. The SMILES string of the molecule is O=c1ccnc(OS(=O)(=O)O)[nH]1. The van der Waals surface area contributed by atoms with Crippen molar-refractivity contribution in [3.05, 3.63) is 22.6 Å². The average Bonchev–Trinajstić information content (AvgIpc) is 1.82. The minimum Gasteiger partial charge on any atom is -0.324 e. The first-order chi connectivity index (χ1) is 5.47. The van der Waals surface area contributed by atoms with E-state index in [1.807, 2.05) is 4.98 Å². The summed E-state index contributed by atoms with van der Waals surface area (Å²) in [4.78, 5) is 15.8. The first kappa shape index (κ1) is 8.68. The van der Waals surface area contributed by atoms with Gasteiger partial charge in [0.25, 0.3) is 5.56 Å². The molecule has 8 heteroatoms.